The van der Waals surface area contributed by atoms with Crippen LogP contribution in [0.5, 0.6) is 5.75 Å². The SMILES string of the molecule is COc1ccc(CN(C)Cn2cc(C)n(-c3cc(C)on3)c2=O)cc1. The molecule has 0 aliphatic carbocycles. The number of benzene rings is 1. The van der Waals surface area contributed by atoms with Crippen LogP contribution in [0.15, 0.2) is 45.8 Å². The summed E-state index contributed by atoms with van der Waals surface area (Å²) in [5, 5.41) is 3.93. The number of rotatable bonds is 6. The Kier molecular flexibility index (Phi) is 4.76. The van der Waals surface area contributed by atoms with E-state index in [1.165, 1.54) is 0 Å². The third-order valence-corrected chi connectivity index (χ3v) is 3.98. The second-order valence-electron chi connectivity index (χ2n) is 6.16. The topological polar surface area (TPSA) is 65.4 Å². The second kappa shape index (κ2) is 6.98. The lowest BCUT2D eigenvalue weighted by Gasteiger charge is -2.17. The number of aryl methyl sites for hydroxylation is 2. The first-order valence-corrected chi connectivity index (χ1v) is 8.02. The van der Waals surface area contributed by atoms with Gasteiger partial charge in [-0.25, -0.2) is 9.36 Å². The molecule has 2 heterocycles. The van der Waals surface area contributed by atoms with Crippen molar-refractivity contribution in [2.24, 2.45) is 0 Å². The summed E-state index contributed by atoms with van der Waals surface area (Å²) in [5.74, 6) is 2.01. The van der Waals surface area contributed by atoms with Crippen LogP contribution in [0.4, 0.5) is 0 Å². The quantitative estimate of drug-likeness (QED) is 0.688. The minimum atomic E-state index is -0.132. The zero-order valence-corrected chi connectivity index (χ0v) is 14.9. The molecule has 0 spiro atoms. The van der Waals surface area contributed by atoms with Gasteiger partial charge in [0.1, 0.15) is 11.5 Å². The van der Waals surface area contributed by atoms with Crippen molar-refractivity contribution in [1.82, 2.24) is 19.2 Å². The Morgan fingerprint density at radius 2 is 1.96 bits per heavy atom. The molecule has 0 bridgehead atoms. The van der Waals surface area contributed by atoms with E-state index in [0.29, 0.717) is 18.2 Å². The number of methoxy groups -OCH3 is 1. The minimum Gasteiger partial charge on any atom is -0.497 e. The van der Waals surface area contributed by atoms with E-state index >= 15 is 0 Å². The smallest absolute Gasteiger partial charge is 0.335 e. The maximum absolute atomic E-state index is 12.7. The fourth-order valence-electron chi connectivity index (χ4n) is 2.81. The lowest BCUT2D eigenvalue weighted by Crippen LogP contribution is -2.30. The molecular weight excluding hydrogens is 320 g/mol. The summed E-state index contributed by atoms with van der Waals surface area (Å²) in [6, 6.07) is 9.66. The van der Waals surface area contributed by atoms with Crippen molar-refractivity contribution in [3.63, 3.8) is 0 Å². The van der Waals surface area contributed by atoms with E-state index in [-0.39, 0.29) is 5.69 Å². The van der Waals surface area contributed by atoms with Crippen LogP contribution in [0.1, 0.15) is 17.0 Å². The van der Waals surface area contributed by atoms with Crippen LogP contribution in [0.3, 0.4) is 0 Å². The Balaban J connectivity index is 1.75. The van der Waals surface area contributed by atoms with Gasteiger partial charge in [-0.05, 0) is 38.6 Å². The Labute approximate surface area is 146 Å². The third-order valence-electron chi connectivity index (χ3n) is 3.98. The summed E-state index contributed by atoms with van der Waals surface area (Å²) >= 11 is 0. The second-order valence-corrected chi connectivity index (χ2v) is 6.16. The number of ether oxygens (including phenoxy) is 1. The van der Waals surface area contributed by atoms with Crippen LogP contribution in [0.25, 0.3) is 5.82 Å². The maximum Gasteiger partial charge on any atom is 0.335 e. The molecule has 25 heavy (non-hydrogen) atoms. The van der Waals surface area contributed by atoms with Gasteiger partial charge in [-0.15, -0.1) is 0 Å². The van der Waals surface area contributed by atoms with E-state index in [9.17, 15) is 4.79 Å². The summed E-state index contributed by atoms with van der Waals surface area (Å²) in [7, 11) is 3.63. The molecule has 0 atom stereocenters. The average Bonchev–Trinajstić information content (AvgIpc) is 3.11. The van der Waals surface area contributed by atoms with Gasteiger partial charge in [-0.2, -0.15) is 0 Å². The van der Waals surface area contributed by atoms with Gasteiger partial charge >= 0.3 is 5.69 Å². The Hall–Kier alpha value is -2.80. The van der Waals surface area contributed by atoms with Crippen molar-refractivity contribution >= 4 is 0 Å². The van der Waals surface area contributed by atoms with Crippen molar-refractivity contribution in [2.45, 2.75) is 27.1 Å². The Morgan fingerprint density at radius 3 is 2.56 bits per heavy atom. The first kappa shape index (κ1) is 17.0. The fourth-order valence-corrected chi connectivity index (χ4v) is 2.81. The number of imidazole rings is 1. The Bertz CT molecular complexity index is 905. The van der Waals surface area contributed by atoms with E-state index in [1.54, 1.807) is 29.2 Å². The third kappa shape index (κ3) is 3.66. The molecule has 0 N–H and O–H groups in total. The minimum absolute atomic E-state index is 0.132. The first-order valence-electron chi connectivity index (χ1n) is 8.02. The molecule has 132 valence electrons. The average molecular weight is 342 g/mol. The molecule has 2 aromatic heterocycles. The van der Waals surface area contributed by atoms with Gasteiger partial charge < -0.3 is 9.26 Å². The van der Waals surface area contributed by atoms with E-state index in [0.717, 1.165) is 23.6 Å². The molecule has 0 saturated heterocycles. The highest BCUT2D eigenvalue weighted by Crippen LogP contribution is 2.13. The van der Waals surface area contributed by atoms with Crippen molar-refractivity contribution in [2.75, 3.05) is 14.2 Å². The zero-order chi connectivity index (χ0) is 18.0. The molecule has 0 amide bonds. The maximum atomic E-state index is 12.7. The van der Waals surface area contributed by atoms with Crippen LogP contribution in [0, 0.1) is 13.8 Å². The predicted molar refractivity (Wildman–Crippen MR) is 94.0 cm³/mol. The lowest BCUT2D eigenvalue weighted by atomic mass is 10.2. The molecule has 7 heteroatoms. The highest BCUT2D eigenvalue weighted by atomic mass is 16.5. The van der Waals surface area contributed by atoms with Crippen molar-refractivity contribution < 1.29 is 9.26 Å². The van der Waals surface area contributed by atoms with Crippen molar-refractivity contribution in [1.29, 1.82) is 0 Å². The highest BCUT2D eigenvalue weighted by Gasteiger charge is 2.14. The standard InChI is InChI=1S/C18H22N4O3/c1-13-10-21(18(23)22(13)17-9-14(2)25-19-17)12-20(3)11-15-5-7-16(24-4)8-6-15/h5-10H,11-12H2,1-4H3. The lowest BCUT2D eigenvalue weighted by molar-refractivity contribution is 0.256. The molecular formula is C18H22N4O3. The molecule has 3 aromatic rings. The van der Waals surface area contributed by atoms with Crippen LogP contribution in [-0.2, 0) is 13.2 Å². The molecule has 0 aliphatic rings. The van der Waals surface area contributed by atoms with Crippen LogP contribution in [-0.4, -0.2) is 33.3 Å². The van der Waals surface area contributed by atoms with Gasteiger partial charge in [0.15, 0.2) is 5.82 Å². The van der Waals surface area contributed by atoms with Gasteiger partial charge in [0.2, 0.25) is 0 Å². The summed E-state index contributed by atoms with van der Waals surface area (Å²) in [6.07, 6.45) is 1.83. The molecule has 0 unspecified atom stereocenters. The first-order chi connectivity index (χ1) is 12.0. The van der Waals surface area contributed by atoms with Crippen LogP contribution in [0.2, 0.25) is 0 Å². The van der Waals surface area contributed by atoms with E-state index in [1.807, 2.05) is 44.4 Å². The number of nitrogens with zero attached hydrogens (tertiary/aromatic N) is 4. The van der Waals surface area contributed by atoms with Gasteiger partial charge in [0, 0.05) is 24.5 Å². The molecule has 0 fully saturated rings. The fraction of sp³-hybridized carbons (Fsp3) is 0.333. The number of aromatic nitrogens is 3. The van der Waals surface area contributed by atoms with Gasteiger partial charge in [0.05, 0.1) is 13.8 Å². The summed E-state index contributed by atoms with van der Waals surface area (Å²) in [6.45, 7) is 4.89. The number of hydrogen-bond acceptors (Lipinski definition) is 5. The molecule has 1 aromatic carbocycles. The number of hydrogen-bond donors (Lipinski definition) is 0. The molecule has 0 radical (unpaired) electrons. The van der Waals surface area contributed by atoms with Crippen molar-refractivity contribution in [3.05, 3.63) is 64.0 Å². The molecule has 7 nitrogen and oxygen atoms in total. The summed E-state index contributed by atoms with van der Waals surface area (Å²) < 4.78 is 13.5. The van der Waals surface area contributed by atoms with Gasteiger partial charge in [-0.1, -0.05) is 17.3 Å². The van der Waals surface area contributed by atoms with Gasteiger partial charge in [0.25, 0.3) is 0 Å². The van der Waals surface area contributed by atoms with E-state index in [4.69, 9.17) is 9.26 Å². The normalized spacial score (nSPS) is 11.2. The molecule has 0 aliphatic heterocycles. The summed E-state index contributed by atoms with van der Waals surface area (Å²) in [5.41, 5.74) is 1.84. The molecule has 3 rings (SSSR count). The van der Waals surface area contributed by atoms with Crippen molar-refractivity contribution in [3.8, 4) is 11.6 Å². The van der Waals surface area contributed by atoms with E-state index < -0.39 is 0 Å². The zero-order valence-electron chi connectivity index (χ0n) is 14.9. The van der Waals surface area contributed by atoms with E-state index in [2.05, 4.69) is 10.1 Å². The highest BCUT2D eigenvalue weighted by molar-refractivity contribution is 5.27. The summed E-state index contributed by atoms with van der Waals surface area (Å²) in [4.78, 5) is 14.7. The van der Waals surface area contributed by atoms with Gasteiger partial charge in [-0.3, -0.25) is 9.47 Å². The van der Waals surface area contributed by atoms with Crippen LogP contribution >= 0.6 is 0 Å². The monoisotopic (exact) mass is 342 g/mol. The molecule has 0 saturated carbocycles. The predicted octanol–water partition coefficient (Wildman–Crippen LogP) is 2.34. The Morgan fingerprint density at radius 1 is 1.24 bits per heavy atom. The van der Waals surface area contributed by atoms with Crippen LogP contribution < -0.4 is 10.4 Å². The largest absolute Gasteiger partial charge is 0.497 e.